The molecule has 1 amide bonds. The summed E-state index contributed by atoms with van der Waals surface area (Å²) in [6.45, 7) is 3.99. The second-order valence-electron chi connectivity index (χ2n) is 7.07. The second-order valence-corrected chi connectivity index (χ2v) is 7.07. The van der Waals surface area contributed by atoms with Crippen LogP contribution in [0.25, 0.3) is 5.69 Å². The number of benzene rings is 2. The largest absolute Gasteiger partial charge is 0.357 e. The van der Waals surface area contributed by atoms with Gasteiger partial charge in [-0.25, -0.2) is 9.67 Å². The number of nitrogens with one attached hydrogen (secondary N) is 2. The summed E-state index contributed by atoms with van der Waals surface area (Å²) in [5.41, 5.74) is 3.88. The van der Waals surface area contributed by atoms with Crippen LogP contribution in [0, 0.1) is 0 Å². The molecule has 0 saturated carbocycles. The zero-order valence-corrected chi connectivity index (χ0v) is 17.7. The zero-order chi connectivity index (χ0) is 21.3. The normalized spacial score (nSPS) is 11.2. The van der Waals surface area contributed by atoms with Crippen molar-refractivity contribution in [2.45, 2.75) is 20.0 Å². The maximum atomic E-state index is 12.0. The molecule has 30 heavy (non-hydrogen) atoms. The third kappa shape index (κ3) is 5.70. The molecule has 0 saturated heterocycles. The van der Waals surface area contributed by atoms with E-state index in [2.05, 4.69) is 27.9 Å². The molecular formula is C23H28N6O. The lowest BCUT2D eigenvalue weighted by Gasteiger charge is -2.13. The first-order valence-electron chi connectivity index (χ1n) is 9.98. The lowest BCUT2D eigenvalue weighted by molar-refractivity contribution is 0.0827. The van der Waals surface area contributed by atoms with E-state index in [4.69, 9.17) is 4.99 Å². The maximum absolute atomic E-state index is 12.0. The highest BCUT2D eigenvalue weighted by molar-refractivity contribution is 5.93. The van der Waals surface area contributed by atoms with Crippen molar-refractivity contribution < 1.29 is 4.79 Å². The highest BCUT2D eigenvalue weighted by Gasteiger charge is 2.07. The van der Waals surface area contributed by atoms with Gasteiger partial charge < -0.3 is 15.5 Å². The van der Waals surface area contributed by atoms with Gasteiger partial charge in [0.15, 0.2) is 5.96 Å². The number of hydrogen-bond donors (Lipinski definition) is 2. The summed E-state index contributed by atoms with van der Waals surface area (Å²) in [6, 6.07) is 17.7. The summed E-state index contributed by atoms with van der Waals surface area (Å²) < 4.78 is 1.83. The Morgan fingerprint density at radius 2 is 1.87 bits per heavy atom. The molecule has 2 N–H and O–H groups in total. The first kappa shape index (κ1) is 21.1. The predicted molar refractivity (Wildman–Crippen MR) is 120 cm³/mol. The van der Waals surface area contributed by atoms with E-state index in [9.17, 15) is 4.79 Å². The van der Waals surface area contributed by atoms with E-state index >= 15 is 0 Å². The van der Waals surface area contributed by atoms with E-state index in [0.717, 1.165) is 29.3 Å². The Kier molecular flexibility index (Phi) is 7.21. The molecule has 7 nitrogen and oxygen atoms in total. The summed E-state index contributed by atoms with van der Waals surface area (Å²) in [5.74, 6) is 0.747. The zero-order valence-electron chi connectivity index (χ0n) is 17.7. The van der Waals surface area contributed by atoms with E-state index in [-0.39, 0.29) is 5.91 Å². The third-order valence-corrected chi connectivity index (χ3v) is 4.51. The van der Waals surface area contributed by atoms with Crippen molar-refractivity contribution in [3.05, 3.63) is 83.7 Å². The molecule has 0 aliphatic heterocycles. The molecule has 0 spiro atoms. The molecule has 156 valence electrons. The molecule has 1 aromatic heterocycles. The molecule has 0 fully saturated rings. The topological polar surface area (TPSA) is 74.5 Å². The van der Waals surface area contributed by atoms with Crippen molar-refractivity contribution in [3.8, 4) is 5.69 Å². The minimum absolute atomic E-state index is 0.00162. The number of guanidine groups is 1. The average Bonchev–Trinajstić information content (AvgIpc) is 3.31. The molecule has 1 heterocycles. The van der Waals surface area contributed by atoms with E-state index in [1.807, 2.05) is 60.3 Å². The minimum Gasteiger partial charge on any atom is -0.357 e. The minimum atomic E-state index is 0.00162. The van der Waals surface area contributed by atoms with Crippen molar-refractivity contribution in [1.29, 1.82) is 0 Å². The molecule has 3 rings (SSSR count). The van der Waals surface area contributed by atoms with Crippen LogP contribution in [0.1, 0.15) is 28.4 Å². The molecule has 0 bridgehead atoms. The Hall–Kier alpha value is -3.61. The SMILES string of the molecule is CCNC(=NCc1cccc(-n2cccn2)c1)NCc1ccc(C(=O)N(C)C)cc1. The molecule has 2 aromatic carbocycles. The van der Waals surface area contributed by atoms with E-state index < -0.39 is 0 Å². The molecule has 0 aliphatic rings. The van der Waals surface area contributed by atoms with Gasteiger partial charge in [0, 0.05) is 45.1 Å². The van der Waals surface area contributed by atoms with Gasteiger partial charge in [-0.15, -0.1) is 0 Å². The van der Waals surface area contributed by atoms with Gasteiger partial charge in [-0.3, -0.25) is 4.79 Å². The van der Waals surface area contributed by atoms with Gasteiger partial charge in [-0.05, 0) is 48.4 Å². The Balaban J connectivity index is 1.62. The molecule has 0 unspecified atom stereocenters. The number of nitrogens with zero attached hydrogens (tertiary/aromatic N) is 4. The summed E-state index contributed by atoms with van der Waals surface area (Å²) >= 11 is 0. The maximum Gasteiger partial charge on any atom is 0.253 e. The Morgan fingerprint density at radius 3 is 2.53 bits per heavy atom. The Bertz CT molecular complexity index is 977. The summed E-state index contributed by atoms with van der Waals surface area (Å²) in [4.78, 5) is 18.3. The van der Waals surface area contributed by atoms with Crippen molar-refractivity contribution in [2.75, 3.05) is 20.6 Å². The van der Waals surface area contributed by atoms with Crippen LogP contribution in [0.4, 0.5) is 0 Å². The van der Waals surface area contributed by atoms with Crippen molar-refractivity contribution in [3.63, 3.8) is 0 Å². The standard InChI is InChI=1S/C23H28N6O/c1-4-24-23(25-16-18-9-11-20(12-10-18)22(30)28(2)3)26-17-19-7-5-8-21(15-19)29-14-6-13-27-29/h5-15H,4,16-17H2,1-3H3,(H2,24,25,26). The van der Waals surface area contributed by atoms with Crippen LogP contribution in [-0.4, -0.2) is 47.2 Å². The van der Waals surface area contributed by atoms with Crippen molar-refractivity contribution in [2.24, 2.45) is 4.99 Å². The van der Waals surface area contributed by atoms with Crippen LogP contribution in [-0.2, 0) is 13.1 Å². The fourth-order valence-electron chi connectivity index (χ4n) is 2.94. The number of hydrogen-bond acceptors (Lipinski definition) is 3. The van der Waals surface area contributed by atoms with Crippen LogP contribution >= 0.6 is 0 Å². The second kappa shape index (κ2) is 10.2. The molecule has 0 aliphatic carbocycles. The molecule has 3 aromatic rings. The number of aliphatic imine (C=N–C) groups is 1. The average molecular weight is 405 g/mol. The molecule has 0 radical (unpaired) electrons. The molecular weight excluding hydrogens is 376 g/mol. The highest BCUT2D eigenvalue weighted by atomic mass is 16.2. The van der Waals surface area contributed by atoms with Gasteiger partial charge >= 0.3 is 0 Å². The van der Waals surface area contributed by atoms with Gasteiger partial charge in [0.05, 0.1) is 12.2 Å². The third-order valence-electron chi connectivity index (χ3n) is 4.51. The summed E-state index contributed by atoms with van der Waals surface area (Å²) in [6.07, 6.45) is 3.69. The molecule has 7 heteroatoms. The summed E-state index contributed by atoms with van der Waals surface area (Å²) in [7, 11) is 3.50. The van der Waals surface area contributed by atoms with Gasteiger partial charge in [-0.2, -0.15) is 5.10 Å². The Morgan fingerprint density at radius 1 is 1.07 bits per heavy atom. The van der Waals surface area contributed by atoms with E-state index in [1.54, 1.807) is 25.2 Å². The quantitative estimate of drug-likeness (QED) is 0.469. The fraction of sp³-hybridized carbons (Fsp3) is 0.261. The smallest absolute Gasteiger partial charge is 0.253 e. The molecule has 0 atom stereocenters. The number of amides is 1. The number of carbonyl (C=O) groups is 1. The van der Waals surface area contributed by atoms with Crippen LogP contribution < -0.4 is 10.6 Å². The van der Waals surface area contributed by atoms with Crippen LogP contribution in [0.15, 0.2) is 72.0 Å². The van der Waals surface area contributed by atoms with Crippen LogP contribution in [0.3, 0.4) is 0 Å². The van der Waals surface area contributed by atoms with Crippen LogP contribution in [0.2, 0.25) is 0 Å². The van der Waals surface area contributed by atoms with Gasteiger partial charge in [-0.1, -0.05) is 24.3 Å². The first-order chi connectivity index (χ1) is 14.6. The van der Waals surface area contributed by atoms with Gasteiger partial charge in [0.1, 0.15) is 0 Å². The van der Waals surface area contributed by atoms with Gasteiger partial charge in [0.2, 0.25) is 0 Å². The monoisotopic (exact) mass is 404 g/mol. The lowest BCUT2D eigenvalue weighted by atomic mass is 10.1. The number of carbonyl (C=O) groups excluding carboxylic acids is 1. The van der Waals surface area contributed by atoms with Crippen molar-refractivity contribution in [1.82, 2.24) is 25.3 Å². The highest BCUT2D eigenvalue weighted by Crippen LogP contribution is 2.11. The van der Waals surface area contributed by atoms with E-state index in [1.165, 1.54) is 0 Å². The van der Waals surface area contributed by atoms with E-state index in [0.29, 0.717) is 18.7 Å². The Labute approximate surface area is 177 Å². The number of rotatable bonds is 7. The van der Waals surface area contributed by atoms with Gasteiger partial charge in [0.25, 0.3) is 5.91 Å². The first-order valence-corrected chi connectivity index (χ1v) is 9.98. The lowest BCUT2D eigenvalue weighted by Crippen LogP contribution is -2.36. The predicted octanol–water partition coefficient (Wildman–Crippen LogP) is 2.83. The van der Waals surface area contributed by atoms with Crippen LogP contribution in [0.5, 0.6) is 0 Å². The number of aromatic nitrogens is 2. The van der Waals surface area contributed by atoms with Crippen molar-refractivity contribution >= 4 is 11.9 Å². The fourth-order valence-corrected chi connectivity index (χ4v) is 2.94. The summed E-state index contributed by atoms with van der Waals surface area (Å²) in [5, 5.41) is 10.9.